The van der Waals surface area contributed by atoms with E-state index in [4.69, 9.17) is 0 Å². The first-order valence-corrected chi connectivity index (χ1v) is 15.8. The standard InChI is InChI=1S/C31H58N4O2/c1-30-10-9-24-23(25(30)20-26(29(30)37)32-11-15-34(3,4)16-12-32)8-7-22-19-28(36)27(21-31(22,24)2)33-13-17-35(5,6)18-14-33/h22-29,36-37H,7-21H2,1-6H3/q+2/t22-,23+,24-,25-,26-,27-,28-,29-,30-,31-/m0/s1. The van der Waals surface area contributed by atoms with E-state index in [2.05, 4.69) is 51.8 Å². The molecule has 0 unspecified atom stereocenters. The number of hydrogen-bond acceptors (Lipinski definition) is 4. The first-order chi connectivity index (χ1) is 17.3. The summed E-state index contributed by atoms with van der Waals surface area (Å²) < 4.78 is 2.23. The predicted molar refractivity (Wildman–Crippen MR) is 149 cm³/mol. The van der Waals surface area contributed by atoms with Crippen LogP contribution in [0.5, 0.6) is 0 Å². The van der Waals surface area contributed by atoms with Crippen LogP contribution < -0.4 is 0 Å². The van der Waals surface area contributed by atoms with Gasteiger partial charge in [-0.15, -0.1) is 0 Å². The van der Waals surface area contributed by atoms with Crippen LogP contribution in [0.15, 0.2) is 0 Å². The van der Waals surface area contributed by atoms with Gasteiger partial charge in [-0.05, 0) is 79.4 Å². The zero-order valence-corrected chi connectivity index (χ0v) is 24.9. The van der Waals surface area contributed by atoms with Gasteiger partial charge in [0, 0.05) is 38.3 Å². The minimum absolute atomic E-state index is 0.0841. The largest absolute Gasteiger partial charge is 0.391 e. The molecule has 0 aromatic carbocycles. The van der Waals surface area contributed by atoms with Crippen LogP contribution in [0.1, 0.15) is 58.8 Å². The van der Waals surface area contributed by atoms with Crippen molar-refractivity contribution in [2.24, 2.45) is 34.5 Å². The molecule has 0 aromatic heterocycles. The molecule has 6 rings (SSSR count). The molecule has 0 spiro atoms. The van der Waals surface area contributed by atoms with Crippen molar-refractivity contribution in [3.8, 4) is 0 Å². The number of aliphatic hydroxyl groups is 2. The Morgan fingerprint density at radius 2 is 1.24 bits per heavy atom. The minimum Gasteiger partial charge on any atom is -0.391 e. The van der Waals surface area contributed by atoms with Crippen LogP contribution in [0.4, 0.5) is 0 Å². The van der Waals surface area contributed by atoms with Crippen molar-refractivity contribution in [3.05, 3.63) is 0 Å². The van der Waals surface area contributed by atoms with E-state index in [1.807, 2.05) is 0 Å². The minimum atomic E-state index is -0.173. The smallest absolute Gasteiger partial charge is 0.0912 e. The van der Waals surface area contributed by atoms with Crippen molar-refractivity contribution in [2.75, 3.05) is 80.5 Å². The van der Waals surface area contributed by atoms with E-state index in [1.54, 1.807) is 0 Å². The highest BCUT2D eigenvalue weighted by Gasteiger charge is 2.64. The van der Waals surface area contributed by atoms with E-state index in [1.165, 1.54) is 64.7 Å². The first kappa shape index (κ1) is 27.0. The third kappa shape index (κ3) is 4.44. The van der Waals surface area contributed by atoms with Gasteiger partial charge in [0.2, 0.25) is 0 Å². The highest BCUT2D eigenvalue weighted by atomic mass is 16.3. The maximum atomic E-state index is 11.8. The lowest BCUT2D eigenvalue weighted by Gasteiger charge is -2.62. The van der Waals surface area contributed by atoms with Crippen molar-refractivity contribution in [1.82, 2.24) is 9.80 Å². The molecule has 6 aliphatic rings. The van der Waals surface area contributed by atoms with Gasteiger partial charge in [-0.3, -0.25) is 9.80 Å². The fraction of sp³-hybridized carbons (Fsp3) is 1.00. The van der Waals surface area contributed by atoms with Crippen LogP contribution in [0.3, 0.4) is 0 Å². The SMILES string of the molecule is C[C@]12C[C@H](N3CC[N+](C)(C)CC3)[C@@H](O)C[C@@H]1CC[C@@H]1[C@@H]2CC[C@]2(C)[C@@H](O)[C@@H](N3CC[N+](C)(C)CC3)C[C@@H]12. The Kier molecular flexibility index (Phi) is 6.66. The Labute approximate surface area is 227 Å². The number of nitrogens with zero attached hydrogens (tertiary/aromatic N) is 4. The van der Waals surface area contributed by atoms with Gasteiger partial charge in [-0.2, -0.15) is 0 Å². The summed E-state index contributed by atoms with van der Waals surface area (Å²) in [5, 5.41) is 23.2. The number of rotatable bonds is 2. The predicted octanol–water partition coefficient (Wildman–Crippen LogP) is 2.49. The lowest BCUT2D eigenvalue weighted by molar-refractivity contribution is -0.894. The van der Waals surface area contributed by atoms with Gasteiger partial charge in [-0.25, -0.2) is 0 Å². The fourth-order valence-electron chi connectivity index (χ4n) is 10.7. The summed E-state index contributed by atoms with van der Waals surface area (Å²) in [6, 6.07) is 0.695. The van der Waals surface area contributed by atoms with E-state index in [0.29, 0.717) is 29.3 Å². The van der Waals surface area contributed by atoms with Crippen LogP contribution >= 0.6 is 0 Å². The number of aliphatic hydroxyl groups excluding tert-OH is 2. The molecule has 2 aliphatic heterocycles. The number of quaternary nitrogens is 2. The lowest BCUT2D eigenvalue weighted by Crippen LogP contribution is -2.63. The molecule has 0 radical (unpaired) electrons. The summed E-state index contributed by atoms with van der Waals surface area (Å²) in [5.74, 6) is 2.85. The van der Waals surface area contributed by atoms with Crippen molar-refractivity contribution in [2.45, 2.75) is 83.1 Å². The van der Waals surface area contributed by atoms with Crippen LogP contribution in [-0.4, -0.2) is 134 Å². The highest BCUT2D eigenvalue weighted by Crippen LogP contribution is 2.66. The third-order valence-corrected chi connectivity index (χ3v) is 13.6. The van der Waals surface area contributed by atoms with Crippen molar-refractivity contribution in [1.29, 1.82) is 0 Å². The van der Waals surface area contributed by atoms with E-state index in [-0.39, 0.29) is 17.6 Å². The van der Waals surface area contributed by atoms with Crippen LogP contribution in [0.2, 0.25) is 0 Å². The Morgan fingerprint density at radius 3 is 1.84 bits per heavy atom. The zero-order valence-electron chi connectivity index (χ0n) is 24.9. The molecule has 4 aliphatic carbocycles. The molecule has 0 bridgehead atoms. The van der Waals surface area contributed by atoms with E-state index in [9.17, 15) is 10.2 Å². The van der Waals surface area contributed by atoms with Gasteiger partial charge >= 0.3 is 0 Å². The highest BCUT2D eigenvalue weighted by molar-refractivity contribution is 5.14. The lowest BCUT2D eigenvalue weighted by atomic mass is 9.44. The topological polar surface area (TPSA) is 46.9 Å². The second kappa shape index (κ2) is 9.14. The molecule has 2 heterocycles. The molecule has 6 nitrogen and oxygen atoms in total. The molecule has 37 heavy (non-hydrogen) atoms. The van der Waals surface area contributed by atoms with Gasteiger partial charge in [0.25, 0.3) is 0 Å². The average molecular weight is 519 g/mol. The van der Waals surface area contributed by atoms with E-state index < -0.39 is 0 Å². The molecule has 2 N–H and O–H groups in total. The second-order valence-electron chi connectivity index (χ2n) is 16.4. The Hall–Kier alpha value is -0.240. The summed E-state index contributed by atoms with van der Waals surface area (Å²) in [5.41, 5.74) is 0.423. The first-order valence-electron chi connectivity index (χ1n) is 15.8. The van der Waals surface area contributed by atoms with Crippen molar-refractivity contribution >= 4 is 0 Å². The summed E-state index contributed by atoms with van der Waals surface area (Å²) in [6.07, 6.45) is 8.15. The van der Waals surface area contributed by atoms with Gasteiger partial charge in [0.05, 0.1) is 66.6 Å². The van der Waals surface area contributed by atoms with Gasteiger partial charge < -0.3 is 19.2 Å². The summed E-state index contributed by atoms with van der Waals surface area (Å²) in [7, 11) is 9.41. The number of hydrogen-bond donors (Lipinski definition) is 2. The van der Waals surface area contributed by atoms with Gasteiger partial charge in [-0.1, -0.05) is 13.8 Å². The Morgan fingerprint density at radius 1 is 0.676 bits per heavy atom. The average Bonchev–Trinajstić information content (AvgIpc) is 3.10. The molecular weight excluding hydrogens is 460 g/mol. The maximum Gasteiger partial charge on any atom is 0.0912 e. The molecule has 10 atom stereocenters. The zero-order chi connectivity index (χ0) is 26.4. The Balaban J connectivity index is 1.20. The van der Waals surface area contributed by atoms with Crippen LogP contribution in [-0.2, 0) is 0 Å². The monoisotopic (exact) mass is 518 g/mol. The summed E-state index contributed by atoms with van der Waals surface area (Å²) >= 11 is 0. The third-order valence-electron chi connectivity index (χ3n) is 13.6. The van der Waals surface area contributed by atoms with Crippen molar-refractivity contribution < 1.29 is 19.2 Å². The van der Waals surface area contributed by atoms with Gasteiger partial charge in [0.1, 0.15) is 0 Å². The molecule has 0 amide bonds. The quantitative estimate of drug-likeness (QED) is 0.552. The van der Waals surface area contributed by atoms with Crippen molar-refractivity contribution in [3.63, 3.8) is 0 Å². The number of fused-ring (bicyclic) bond motifs is 5. The summed E-state index contributed by atoms with van der Waals surface area (Å²) in [4.78, 5) is 5.33. The molecule has 6 heteroatoms. The van der Waals surface area contributed by atoms with Crippen LogP contribution in [0, 0.1) is 34.5 Å². The Bertz CT molecular complexity index is 844. The maximum absolute atomic E-state index is 11.8. The molecule has 0 aromatic rings. The van der Waals surface area contributed by atoms with E-state index >= 15 is 0 Å². The fourth-order valence-corrected chi connectivity index (χ4v) is 10.7. The normalized spacial score (nSPS) is 52.2. The van der Waals surface area contributed by atoms with E-state index in [0.717, 1.165) is 53.4 Å². The number of piperazine rings is 2. The van der Waals surface area contributed by atoms with Gasteiger partial charge in [0.15, 0.2) is 0 Å². The molecular formula is C31H58N4O2+2. The molecule has 6 fully saturated rings. The summed E-state index contributed by atoms with van der Waals surface area (Å²) in [6.45, 7) is 14.4. The van der Waals surface area contributed by atoms with Crippen LogP contribution in [0.25, 0.3) is 0 Å². The molecule has 2 saturated heterocycles. The molecule has 4 saturated carbocycles. The molecule has 212 valence electrons. The second-order valence-corrected chi connectivity index (χ2v) is 16.4. The number of likely N-dealkylation sites (N-methyl/N-ethyl adjacent to an activating group) is 2.